The summed E-state index contributed by atoms with van der Waals surface area (Å²) in [5, 5.41) is 11.6. The van der Waals surface area contributed by atoms with E-state index in [9.17, 15) is 4.79 Å². The number of carbonyl (C=O) groups excluding carboxylic acids is 1. The summed E-state index contributed by atoms with van der Waals surface area (Å²) in [5.74, 6) is 1.63. The van der Waals surface area contributed by atoms with Gasteiger partial charge in [0.1, 0.15) is 11.5 Å². The molecular weight excluding hydrogens is 396 g/mol. The van der Waals surface area contributed by atoms with E-state index < -0.39 is 0 Å². The van der Waals surface area contributed by atoms with Crippen molar-refractivity contribution >= 4 is 17.4 Å². The minimum absolute atomic E-state index is 0.273. The van der Waals surface area contributed by atoms with Gasteiger partial charge in [-0.1, -0.05) is 12.1 Å². The van der Waals surface area contributed by atoms with Gasteiger partial charge in [-0.25, -0.2) is 0 Å². The zero-order valence-corrected chi connectivity index (χ0v) is 17.5. The van der Waals surface area contributed by atoms with Gasteiger partial charge < -0.3 is 24.4 Å². The summed E-state index contributed by atoms with van der Waals surface area (Å²) >= 11 is 0. The lowest BCUT2D eigenvalue weighted by Gasteiger charge is -2.27. The van der Waals surface area contributed by atoms with E-state index in [0.717, 1.165) is 30.2 Å². The first-order valence-corrected chi connectivity index (χ1v) is 9.98. The van der Waals surface area contributed by atoms with E-state index in [4.69, 9.17) is 14.2 Å². The lowest BCUT2D eigenvalue weighted by molar-refractivity contribution is 0.102. The first kappa shape index (κ1) is 20.6. The molecule has 4 rings (SSSR count). The molecule has 8 nitrogen and oxygen atoms in total. The van der Waals surface area contributed by atoms with Crippen LogP contribution in [-0.2, 0) is 4.74 Å². The van der Waals surface area contributed by atoms with E-state index in [0.29, 0.717) is 36.0 Å². The van der Waals surface area contributed by atoms with Gasteiger partial charge in [0.05, 0.1) is 38.7 Å². The Bertz CT molecular complexity index is 1050. The number of nitrogens with one attached hydrogen (secondary N) is 1. The molecule has 1 saturated heterocycles. The third-order valence-corrected chi connectivity index (χ3v) is 5.06. The Balaban J connectivity index is 1.50. The van der Waals surface area contributed by atoms with Crippen molar-refractivity contribution in [2.24, 2.45) is 0 Å². The number of benzene rings is 2. The molecule has 0 aliphatic carbocycles. The van der Waals surface area contributed by atoms with Gasteiger partial charge in [-0.3, -0.25) is 4.79 Å². The van der Waals surface area contributed by atoms with Crippen LogP contribution in [0.25, 0.3) is 11.3 Å². The third kappa shape index (κ3) is 4.75. The Morgan fingerprint density at radius 3 is 2.55 bits per heavy atom. The van der Waals surface area contributed by atoms with Crippen LogP contribution in [0.3, 0.4) is 0 Å². The van der Waals surface area contributed by atoms with Gasteiger partial charge in [0.25, 0.3) is 5.91 Å². The van der Waals surface area contributed by atoms with Crippen LogP contribution in [0.2, 0.25) is 0 Å². The average Bonchev–Trinajstić information content (AvgIpc) is 2.84. The molecule has 0 radical (unpaired) electrons. The number of hydrogen-bond acceptors (Lipinski definition) is 7. The Labute approximate surface area is 180 Å². The molecule has 1 fully saturated rings. The topological polar surface area (TPSA) is 85.8 Å². The quantitative estimate of drug-likeness (QED) is 0.655. The van der Waals surface area contributed by atoms with Crippen LogP contribution < -0.4 is 19.7 Å². The number of rotatable bonds is 6. The van der Waals surface area contributed by atoms with Crippen LogP contribution in [0.4, 0.5) is 11.5 Å². The molecule has 0 atom stereocenters. The molecule has 31 heavy (non-hydrogen) atoms. The highest BCUT2D eigenvalue weighted by molar-refractivity contribution is 6.06. The fourth-order valence-corrected chi connectivity index (χ4v) is 3.38. The van der Waals surface area contributed by atoms with Gasteiger partial charge in [0, 0.05) is 30.4 Å². The predicted molar refractivity (Wildman–Crippen MR) is 118 cm³/mol. The predicted octanol–water partition coefficient (Wildman–Crippen LogP) is 3.25. The van der Waals surface area contributed by atoms with Crippen LogP contribution >= 0.6 is 0 Å². The van der Waals surface area contributed by atoms with Crippen molar-refractivity contribution in [3.63, 3.8) is 0 Å². The molecule has 2 heterocycles. The van der Waals surface area contributed by atoms with Crippen LogP contribution in [0.5, 0.6) is 11.5 Å². The molecule has 0 bridgehead atoms. The summed E-state index contributed by atoms with van der Waals surface area (Å²) in [7, 11) is 3.09. The van der Waals surface area contributed by atoms with Gasteiger partial charge in [0.2, 0.25) is 0 Å². The lowest BCUT2D eigenvalue weighted by Crippen LogP contribution is -2.36. The molecule has 3 aromatic rings. The van der Waals surface area contributed by atoms with Crippen molar-refractivity contribution in [1.82, 2.24) is 10.2 Å². The number of morpholine rings is 1. The van der Waals surface area contributed by atoms with Gasteiger partial charge in [-0.15, -0.1) is 10.2 Å². The van der Waals surface area contributed by atoms with Crippen molar-refractivity contribution in [1.29, 1.82) is 0 Å². The highest BCUT2D eigenvalue weighted by atomic mass is 16.5. The van der Waals surface area contributed by atoms with Crippen molar-refractivity contribution in [3.05, 3.63) is 60.2 Å². The normalized spacial score (nSPS) is 13.5. The Hall–Kier alpha value is -3.65. The minimum Gasteiger partial charge on any atom is -0.497 e. The zero-order valence-electron chi connectivity index (χ0n) is 17.5. The Morgan fingerprint density at radius 1 is 1.00 bits per heavy atom. The monoisotopic (exact) mass is 420 g/mol. The molecule has 2 aromatic carbocycles. The van der Waals surface area contributed by atoms with Crippen molar-refractivity contribution < 1.29 is 19.0 Å². The second-order valence-corrected chi connectivity index (χ2v) is 6.98. The molecule has 0 saturated carbocycles. The molecule has 8 heteroatoms. The minimum atomic E-state index is -0.273. The van der Waals surface area contributed by atoms with Gasteiger partial charge >= 0.3 is 0 Å². The molecule has 0 unspecified atom stereocenters. The van der Waals surface area contributed by atoms with Crippen LogP contribution in [0, 0.1) is 0 Å². The van der Waals surface area contributed by atoms with Crippen molar-refractivity contribution in [2.75, 3.05) is 50.7 Å². The number of hydrogen-bond donors (Lipinski definition) is 1. The van der Waals surface area contributed by atoms with E-state index in [1.807, 2.05) is 36.4 Å². The standard InChI is InChI=1S/C23H24N4O4/c1-29-18-6-7-19(21(15-18)30-2)23(28)24-17-5-3-4-16(14-17)20-8-9-22(26-25-20)27-10-12-31-13-11-27/h3-9,14-15H,10-13H2,1-2H3,(H,24,28). The summed E-state index contributed by atoms with van der Waals surface area (Å²) in [5.41, 5.74) is 2.67. The average molecular weight is 420 g/mol. The number of ether oxygens (including phenoxy) is 3. The smallest absolute Gasteiger partial charge is 0.259 e. The van der Waals surface area contributed by atoms with E-state index >= 15 is 0 Å². The van der Waals surface area contributed by atoms with Gasteiger partial charge in [-0.05, 0) is 36.4 Å². The summed E-state index contributed by atoms with van der Waals surface area (Å²) in [6.07, 6.45) is 0. The number of nitrogens with zero attached hydrogens (tertiary/aromatic N) is 3. The number of amides is 1. The van der Waals surface area contributed by atoms with Crippen LogP contribution in [-0.4, -0.2) is 56.6 Å². The Morgan fingerprint density at radius 2 is 1.84 bits per heavy atom. The summed E-state index contributed by atoms with van der Waals surface area (Å²) < 4.78 is 15.9. The largest absolute Gasteiger partial charge is 0.497 e. The van der Waals surface area contributed by atoms with E-state index in [2.05, 4.69) is 20.4 Å². The maximum Gasteiger partial charge on any atom is 0.259 e. The lowest BCUT2D eigenvalue weighted by atomic mass is 10.1. The van der Waals surface area contributed by atoms with Gasteiger partial charge in [0.15, 0.2) is 5.82 Å². The maximum absolute atomic E-state index is 12.8. The summed E-state index contributed by atoms with van der Waals surface area (Å²) in [6, 6.07) is 16.5. The molecule has 1 aromatic heterocycles. The molecule has 160 valence electrons. The first-order chi connectivity index (χ1) is 15.2. The Kier molecular flexibility index (Phi) is 6.28. The second kappa shape index (κ2) is 9.44. The number of methoxy groups -OCH3 is 2. The fraction of sp³-hybridized carbons (Fsp3) is 0.261. The fourth-order valence-electron chi connectivity index (χ4n) is 3.38. The summed E-state index contributed by atoms with van der Waals surface area (Å²) in [6.45, 7) is 3.02. The number of anilines is 2. The molecule has 1 aliphatic rings. The molecule has 0 spiro atoms. The van der Waals surface area contributed by atoms with Gasteiger partial charge in [-0.2, -0.15) is 0 Å². The first-order valence-electron chi connectivity index (χ1n) is 9.98. The molecule has 1 aliphatic heterocycles. The molecular formula is C23H24N4O4. The summed E-state index contributed by atoms with van der Waals surface area (Å²) in [4.78, 5) is 14.9. The molecule has 1 amide bonds. The second-order valence-electron chi connectivity index (χ2n) is 6.98. The molecule has 1 N–H and O–H groups in total. The number of aromatic nitrogens is 2. The van der Waals surface area contributed by atoms with E-state index in [1.54, 1.807) is 25.3 Å². The maximum atomic E-state index is 12.8. The van der Waals surface area contributed by atoms with E-state index in [1.165, 1.54) is 7.11 Å². The van der Waals surface area contributed by atoms with Crippen molar-refractivity contribution in [3.8, 4) is 22.8 Å². The van der Waals surface area contributed by atoms with Crippen LogP contribution in [0.1, 0.15) is 10.4 Å². The number of carbonyl (C=O) groups is 1. The zero-order chi connectivity index (χ0) is 21.6. The highest BCUT2D eigenvalue weighted by Gasteiger charge is 2.15. The van der Waals surface area contributed by atoms with Crippen molar-refractivity contribution in [2.45, 2.75) is 0 Å². The van der Waals surface area contributed by atoms with E-state index in [-0.39, 0.29) is 5.91 Å². The van der Waals surface area contributed by atoms with Crippen LogP contribution in [0.15, 0.2) is 54.6 Å². The third-order valence-electron chi connectivity index (χ3n) is 5.06. The SMILES string of the molecule is COc1ccc(C(=O)Nc2cccc(-c3ccc(N4CCOCC4)nn3)c2)c(OC)c1. The highest BCUT2D eigenvalue weighted by Crippen LogP contribution is 2.27.